The van der Waals surface area contributed by atoms with Crippen LogP contribution in [0.25, 0.3) is 0 Å². The maximum atomic E-state index is 5.58. The summed E-state index contributed by atoms with van der Waals surface area (Å²) in [5.74, 6) is 0. The van der Waals surface area contributed by atoms with Crippen molar-refractivity contribution in [1.29, 1.82) is 0 Å². The lowest BCUT2D eigenvalue weighted by Gasteiger charge is -2.00. The minimum atomic E-state index is 0.508. The van der Waals surface area contributed by atoms with Crippen molar-refractivity contribution >= 4 is 0 Å². The summed E-state index contributed by atoms with van der Waals surface area (Å²) in [6.45, 7) is 3.35. The Labute approximate surface area is 89.5 Å². The van der Waals surface area contributed by atoms with Gasteiger partial charge in [0.2, 0.25) is 0 Å². The summed E-state index contributed by atoms with van der Waals surface area (Å²) >= 11 is 0. The largest absolute Gasteiger partial charge is 0.325 e. The monoisotopic (exact) mass is 201 g/mol. The van der Waals surface area contributed by atoms with Crippen LogP contribution in [0, 0.1) is 6.92 Å². The van der Waals surface area contributed by atoms with Gasteiger partial charge in [-0.2, -0.15) is 5.10 Å². The van der Waals surface area contributed by atoms with Crippen molar-refractivity contribution in [2.45, 2.75) is 20.0 Å². The smallest absolute Gasteiger partial charge is 0.0789 e. The van der Waals surface area contributed by atoms with Crippen LogP contribution in [-0.4, -0.2) is 9.78 Å². The van der Waals surface area contributed by atoms with Crippen molar-refractivity contribution in [1.82, 2.24) is 9.78 Å². The van der Waals surface area contributed by atoms with Crippen LogP contribution in [-0.2, 0) is 13.1 Å². The molecule has 0 spiro atoms. The second-order valence-corrected chi connectivity index (χ2v) is 3.65. The van der Waals surface area contributed by atoms with Crippen LogP contribution >= 0.6 is 0 Å². The van der Waals surface area contributed by atoms with Gasteiger partial charge in [-0.05, 0) is 18.1 Å². The number of nitrogens with zero attached hydrogens (tertiary/aromatic N) is 2. The molecule has 1 heterocycles. The first kappa shape index (κ1) is 9.93. The molecule has 0 saturated heterocycles. The number of nitrogens with two attached hydrogens (primary N) is 1. The van der Waals surface area contributed by atoms with Crippen molar-refractivity contribution in [2.24, 2.45) is 5.73 Å². The Bertz CT molecular complexity index is 431. The van der Waals surface area contributed by atoms with Crippen LogP contribution < -0.4 is 5.73 Å². The van der Waals surface area contributed by atoms with E-state index in [1.807, 2.05) is 36.0 Å². The number of aromatic nitrogens is 2. The van der Waals surface area contributed by atoms with Gasteiger partial charge in [0.15, 0.2) is 0 Å². The molecule has 3 heteroatoms. The van der Waals surface area contributed by atoms with Crippen molar-refractivity contribution in [3.05, 3.63) is 53.3 Å². The highest BCUT2D eigenvalue weighted by Crippen LogP contribution is 2.07. The number of benzene rings is 1. The van der Waals surface area contributed by atoms with E-state index in [2.05, 4.69) is 17.2 Å². The highest BCUT2D eigenvalue weighted by molar-refractivity contribution is 5.18. The molecule has 1 aromatic heterocycles. The quantitative estimate of drug-likeness (QED) is 0.821. The van der Waals surface area contributed by atoms with Gasteiger partial charge in [-0.25, -0.2) is 0 Å². The van der Waals surface area contributed by atoms with E-state index in [0.717, 1.165) is 17.8 Å². The molecule has 0 radical (unpaired) electrons. The first-order valence-corrected chi connectivity index (χ1v) is 5.06. The van der Waals surface area contributed by atoms with E-state index in [1.54, 1.807) is 0 Å². The maximum Gasteiger partial charge on any atom is 0.0789 e. The van der Waals surface area contributed by atoms with Gasteiger partial charge in [0.1, 0.15) is 0 Å². The Morgan fingerprint density at radius 3 is 2.60 bits per heavy atom. The van der Waals surface area contributed by atoms with Crippen LogP contribution in [0.3, 0.4) is 0 Å². The molecule has 15 heavy (non-hydrogen) atoms. The molecule has 0 saturated carbocycles. The Balaban J connectivity index is 2.18. The van der Waals surface area contributed by atoms with E-state index < -0.39 is 0 Å². The second-order valence-electron chi connectivity index (χ2n) is 3.65. The third-order valence-corrected chi connectivity index (χ3v) is 2.43. The van der Waals surface area contributed by atoms with Gasteiger partial charge in [-0.15, -0.1) is 0 Å². The number of hydrogen-bond acceptors (Lipinski definition) is 2. The van der Waals surface area contributed by atoms with Crippen LogP contribution in [0.15, 0.2) is 36.5 Å². The molecule has 0 amide bonds. The van der Waals surface area contributed by atoms with Crippen LogP contribution in [0.2, 0.25) is 0 Å². The average molecular weight is 201 g/mol. The van der Waals surface area contributed by atoms with Gasteiger partial charge in [0.05, 0.1) is 12.2 Å². The summed E-state index contributed by atoms with van der Waals surface area (Å²) < 4.78 is 1.94. The van der Waals surface area contributed by atoms with E-state index in [-0.39, 0.29) is 0 Å². The van der Waals surface area contributed by atoms with Gasteiger partial charge in [0.25, 0.3) is 0 Å². The molecule has 0 bridgehead atoms. The first-order chi connectivity index (χ1) is 7.29. The van der Waals surface area contributed by atoms with Crippen LogP contribution in [0.1, 0.15) is 16.8 Å². The summed E-state index contributed by atoms with van der Waals surface area (Å²) in [6, 6.07) is 10.3. The van der Waals surface area contributed by atoms with Gasteiger partial charge < -0.3 is 5.73 Å². The normalized spacial score (nSPS) is 10.5. The standard InChI is InChI=1S/C12H15N3/c1-10-8-15(14-12(10)7-13)9-11-5-3-2-4-6-11/h2-6,8H,7,9,13H2,1H3. The molecule has 0 unspecified atom stereocenters. The Hall–Kier alpha value is -1.61. The summed E-state index contributed by atoms with van der Waals surface area (Å²) in [5.41, 5.74) is 8.97. The molecular weight excluding hydrogens is 186 g/mol. The lowest BCUT2D eigenvalue weighted by molar-refractivity contribution is 0.672. The summed E-state index contributed by atoms with van der Waals surface area (Å²) in [6.07, 6.45) is 2.04. The lowest BCUT2D eigenvalue weighted by atomic mass is 10.2. The van der Waals surface area contributed by atoms with Crippen molar-refractivity contribution < 1.29 is 0 Å². The first-order valence-electron chi connectivity index (χ1n) is 5.06. The van der Waals surface area contributed by atoms with Gasteiger partial charge in [-0.1, -0.05) is 30.3 Å². The van der Waals surface area contributed by atoms with Crippen molar-refractivity contribution in [2.75, 3.05) is 0 Å². The molecule has 78 valence electrons. The molecule has 3 nitrogen and oxygen atoms in total. The Morgan fingerprint density at radius 2 is 2.00 bits per heavy atom. The fraction of sp³-hybridized carbons (Fsp3) is 0.250. The van der Waals surface area contributed by atoms with Gasteiger partial charge >= 0.3 is 0 Å². The van der Waals surface area contributed by atoms with E-state index in [9.17, 15) is 0 Å². The molecule has 0 fully saturated rings. The highest BCUT2D eigenvalue weighted by Gasteiger charge is 2.02. The molecule has 0 aliphatic rings. The van der Waals surface area contributed by atoms with Gasteiger partial charge in [0, 0.05) is 12.7 Å². The predicted molar refractivity (Wildman–Crippen MR) is 60.4 cm³/mol. The molecular formula is C12H15N3. The second kappa shape index (κ2) is 4.28. The fourth-order valence-electron chi connectivity index (χ4n) is 1.61. The number of hydrogen-bond donors (Lipinski definition) is 1. The van der Waals surface area contributed by atoms with Crippen LogP contribution in [0.5, 0.6) is 0 Å². The topological polar surface area (TPSA) is 43.8 Å². The molecule has 2 aromatic rings. The lowest BCUT2D eigenvalue weighted by Crippen LogP contribution is -2.03. The minimum Gasteiger partial charge on any atom is -0.325 e. The Morgan fingerprint density at radius 1 is 1.27 bits per heavy atom. The van der Waals surface area contributed by atoms with Crippen molar-refractivity contribution in [3.63, 3.8) is 0 Å². The third-order valence-electron chi connectivity index (χ3n) is 2.43. The highest BCUT2D eigenvalue weighted by atomic mass is 15.3. The SMILES string of the molecule is Cc1cn(Cc2ccccc2)nc1CN. The number of rotatable bonds is 3. The van der Waals surface area contributed by atoms with Gasteiger partial charge in [-0.3, -0.25) is 4.68 Å². The molecule has 0 atom stereocenters. The molecule has 1 aromatic carbocycles. The van der Waals surface area contributed by atoms with E-state index >= 15 is 0 Å². The molecule has 2 rings (SSSR count). The zero-order chi connectivity index (χ0) is 10.7. The third kappa shape index (κ3) is 2.25. The summed E-state index contributed by atoms with van der Waals surface area (Å²) in [5, 5.41) is 4.42. The Kier molecular flexibility index (Phi) is 2.83. The summed E-state index contributed by atoms with van der Waals surface area (Å²) in [4.78, 5) is 0. The molecule has 0 aliphatic heterocycles. The maximum absolute atomic E-state index is 5.58. The number of aryl methyl sites for hydroxylation is 1. The van der Waals surface area contributed by atoms with E-state index in [0.29, 0.717) is 6.54 Å². The predicted octanol–water partition coefficient (Wildman–Crippen LogP) is 1.70. The molecule has 0 aliphatic carbocycles. The van der Waals surface area contributed by atoms with E-state index in [4.69, 9.17) is 5.73 Å². The average Bonchev–Trinajstić information content (AvgIpc) is 2.60. The molecule has 2 N–H and O–H groups in total. The fourth-order valence-corrected chi connectivity index (χ4v) is 1.61. The zero-order valence-electron chi connectivity index (χ0n) is 8.85. The van der Waals surface area contributed by atoms with E-state index in [1.165, 1.54) is 5.56 Å². The minimum absolute atomic E-state index is 0.508. The van der Waals surface area contributed by atoms with Crippen LogP contribution in [0.4, 0.5) is 0 Å². The van der Waals surface area contributed by atoms with Crippen molar-refractivity contribution in [3.8, 4) is 0 Å². The zero-order valence-corrected chi connectivity index (χ0v) is 8.85. The summed E-state index contributed by atoms with van der Waals surface area (Å²) in [7, 11) is 0.